The highest BCUT2D eigenvalue weighted by molar-refractivity contribution is 5.94. The van der Waals surface area contributed by atoms with E-state index >= 15 is 0 Å². The Hall–Kier alpha value is -2.76. The van der Waals surface area contributed by atoms with Gasteiger partial charge in [0.25, 0.3) is 0 Å². The molecule has 0 aliphatic heterocycles. The van der Waals surface area contributed by atoms with Gasteiger partial charge in [-0.3, -0.25) is 0 Å². The summed E-state index contributed by atoms with van der Waals surface area (Å²) in [7, 11) is 0. The average molecular weight is 240 g/mol. The van der Waals surface area contributed by atoms with Crippen molar-refractivity contribution in [2.75, 3.05) is 22.9 Å². The number of rotatable bonds is 0. The Bertz CT molecular complexity index is 651. The fraction of sp³-hybridized carbons (Fsp3) is 0. The van der Waals surface area contributed by atoms with Crippen LogP contribution in [0.2, 0.25) is 0 Å². The van der Waals surface area contributed by atoms with Gasteiger partial charge in [0.1, 0.15) is 0 Å². The van der Waals surface area contributed by atoms with Crippen LogP contribution in [0.4, 0.5) is 22.7 Å². The van der Waals surface area contributed by atoms with Crippen LogP contribution >= 0.6 is 0 Å². The third-order valence-corrected chi connectivity index (χ3v) is 2.84. The molecule has 2 aromatic carbocycles. The van der Waals surface area contributed by atoms with Crippen LogP contribution in [-0.2, 0) is 0 Å². The van der Waals surface area contributed by atoms with E-state index in [2.05, 4.69) is 9.97 Å². The normalized spacial score (nSPS) is 11.1. The predicted molar refractivity (Wildman–Crippen MR) is 74.7 cm³/mol. The first-order valence-corrected chi connectivity index (χ1v) is 5.36. The third kappa shape index (κ3) is 1.43. The molecule has 0 aliphatic rings. The highest BCUT2D eigenvalue weighted by atomic mass is 14.8. The molecule has 0 bridgehead atoms. The van der Waals surface area contributed by atoms with Crippen molar-refractivity contribution in [2.45, 2.75) is 0 Å². The number of anilines is 4. The molecule has 0 saturated heterocycles. The van der Waals surface area contributed by atoms with Crippen molar-refractivity contribution in [3.05, 3.63) is 24.3 Å². The van der Waals surface area contributed by atoms with E-state index in [1.165, 1.54) is 0 Å². The molecule has 0 spiro atoms. The van der Waals surface area contributed by atoms with Crippen LogP contribution in [0, 0.1) is 0 Å². The van der Waals surface area contributed by atoms with E-state index in [0.29, 0.717) is 44.8 Å². The summed E-state index contributed by atoms with van der Waals surface area (Å²) >= 11 is 0. The fourth-order valence-electron chi connectivity index (χ4n) is 1.84. The summed E-state index contributed by atoms with van der Waals surface area (Å²) in [4.78, 5) is 8.90. The standard InChI is InChI=1S/C12H12N6/c13-5-1-9-10(2-6(5)14)18-12-4-8(16)7(15)3-11(12)17-9/h1-4H,13-16H2. The number of hydrogen-bond acceptors (Lipinski definition) is 6. The van der Waals surface area contributed by atoms with E-state index in [0.717, 1.165) is 0 Å². The molecule has 3 aromatic rings. The van der Waals surface area contributed by atoms with Crippen LogP contribution in [0.15, 0.2) is 24.3 Å². The van der Waals surface area contributed by atoms with Gasteiger partial charge in [-0.25, -0.2) is 9.97 Å². The zero-order valence-corrected chi connectivity index (χ0v) is 9.51. The van der Waals surface area contributed by atoms with Crippen molar-refractivity contribution in [3.63, 3.8) is 0 Å². The largest absolute Gasteiger partial charge is 0.397 e. The molecule has 0 saturated carbocycles. The van der Waals surface area contributed by atoms with Crippen molar-refractivity contribution in [1.82, 2.24) is 9.97 Å². The first kappa shape index (κ1) is 10.4. The highest BCUT2D eigenvalue weighted by Gasteiger charge is 2.06. The molecule has 0 unspecified atom stereocenters. The Kier molecular flexibility index (Phi) is 1.94. The van der Waals surface area contributed by atoms with E-state index in [9.17, 15) is 0 Å². The fourth-order valence-corrected chi connectivity index (χ4v) is 1.84. The lowest BCUT2D eigenvalue weighted by atomic mass is 10.2. The van der Waals surface area contributed by atoms with E-state index in [1.54, 1.807) is 24.3 Å². The van der Waals surface area contributed by atoms with Gasteiger partial charge in [-0.1, -0.05) is 0 Å². The summed E-state index contributed by atoms with van der Waals surface area (Å²) in [6.45, 7) is 0. The number of nitrogen functional groups attached to an aromatic ring is 4. The van der Waals surface area contributed by atoms with Crippen LogP contribution in [0.5, 0.6) is 0 Å². The maximum Gasteiger partial charge on any atom is 0.0916 e. The Morgan fingerprint density at radius 1 is 0.500 bits per heavy atom. The van der Waals surface area contributed by atoms with Gasteiger partial charge in [-0.15, -0.1) is 0 Å². The van der Waals surface area contributed by atoms with Gasteiger partial charge in [0.15, 0.2) is 0 Å². The first-order valence-electron chi connectivity index (χ1n) is 5.36. The van der Waals surface area contributed by atoms with Crippen LogP contribution in [-0.4, -0.2) is 9.97 Å². The summed E-state index contributed by atoms with van der Waals surface area (Å²) in [5, 5.41) is 0. The van der Waals surface area contributed by atoms with Gasteiger partial charge in [-0.2, -0.15) is 0 Å². The van der Waals surface area contributed by atoms with E-state index in [-0.39, 0.29) is 0 Å². The molecule has 0 atom stereocenters. The van der Waals surface area contributed by atoms with Crippen molar-refractivity contribution in [2.24, 2.45) is 0 Å². The van der Waals surface area contributed by atoms with Gasteiger partial charge in [0.2, 0.25) is 0 Å². The van der Waals surface area contributed by atoms with Crippen LogP contribution in [0.1, 0.15) is 0 Å². The lowest BCUT2D eigenvalue weighted by molar-refractivity contribution is 1.40. The molecule has 0 aliphatic carbocycles. The van der Waals surface area contributed by atoms with Crippen molar-refractivity contribution >= 4 is 44.8 Å². The molecule has 0 fully saturated rings. The zero-order valence-electron chi connectivity index (χ0n) is 9.51. The second-order valence-electron chi connectivity index (χ2n) is 4.16. The molecule has 8 N–H and O–H groups in total. The third-order valence-electron chi connectivity index (χ3n) is 2.84. The minimum absolute atomic E-state index is 0.486. The predicted octanol–water partition coefficient (Wildman–Crippen LogP) is 1.11. The average Bonchev–Trinajstić information content (AvgIpc) is 2.31. The molecule has 6 heteroatoms. The number of hydrogen-bond donors (Lipinski definition) is 4. The van der Waals surface area contributed by atoms with Crippen LogP contribution < -0.4 is 22.9 Å². The molecule has 1 aromatic heterocycles. The molecular weight excluding hydrogens is 228 g/mol. The van der Waals surface area contributed by atoms with Crippen molar-refractivity contribution in [3.8, 4) is 0 Å². The number of nitrogens with two attached hydrogens (primary N) is 4. The Morgan fingerprint density at radius 3 is 0.944 bits per heavy atom. The maximum atomic E-state index is 5.75. The van der Waals surface area contributed by atoms with Crippen molar-refractivity contribution in [1.29, 1.82) is 0 Å². The van der Waals surface area contributed by atoms with Crippen molar-refractivity contribution < 1.29 is 0 Å². The summed E-state index contributed by atoms with van der Waals surface area (Å²) < 4.78 is 0. The number of fused-ring (bicyclic) bond motifs is 2. The van der Waals surface area contributed by atoms with E-state index in [1.807, 2.05) is 0 Å². The Labute approximate surface area is 103 Å². The monoisotopic (exact) mass is 240 g/mol. The minimum atomic E-state index is 0.486. The van der Waals surface area contributed by atoms with Gasteiger partial charge in [-0.05, 0) is 24.3 Å². The Morgan fingerprint density at radius 2 is 0.722 bits per heavy atom. The van der Waals surface area contributed by atoms with Crippen LogP contribution in [0.3, 0.4) is 0 Å². The van der Waals surface area contributed by atoms with E-state index in [4.69, 9.17) is 22.9 Å². The lowest BCUT2D eigenvalue weighted by Crippen LogP contribution is -1.98. The molecule has 0 amide bonds. The lowest BCUT2D eigenvalue weighted by Gasteiger charge is -2.06. The van der Waals surface area contributed by atoms with Gasteiger partial charge in [0.05, 0.1) is 44.8 Å². The highest BCUT2D eigenvalue weighted by Crippen LogP contribution is 2.26. The quantitative estimate of drug-likeness (QED) is 0.344. The number of aromatic nitrogens is 2. The topological polar surface area (TPSA) is 130 Å². The second kappa shape index (κ2) is 3.36. The maximum absolute atomic E-state index is 5.75. The molecule has 3 rings (SSSR count). The van der Waals surface area contributed by atoms with E-state index < -0.39 is 0 Å². The molecule has 1 heterocycles. The zero-order chi connectivity index (χ0) is 12.9. The Balaban J connectivity index is 2.43. The summed E-state index contributed by atoms with van der Waals surface area (Å²) in [5.74, 6) is 0. The molecule has 6 nitrogen and oxygen atoms in total. The first-order chi connectivity index (χ1) is 8.54. The number of benzene rings is 2. The summed E-state index contributed by atoms with van der Waals surface area (Å²) in [5.41, 5.74) is 27.6. The molecule has 90 valence electrons. The van der Waals surface area contributed by atoms with Crippen LogP contribution in [0.25, 0.3) is 22.1 Å². The van der Waals surface area contributed by atoms with Gasteiger partial charge in [0, 0.05) is 0 Å². The second-order valence-corrected chi connectivity index (χ2v) is 4.16. The molecular formula is C12H12N6. The summed E-state index contributed by atoms with van der Waals surface area (Å²) in [6, 6.07) is 6.79. The molecule has 0 radical (unpaired) electrons. The van der Waals surface area contributed by atoms with Gasteiger partial charge >= 0.3 is 0 Å². The SMILES string of the molecule is Nc1cc2nc3cc(N)c(N)cc3nc2cc1N. The van der Waals surface area contributed by atoms with Gasteiger partial charge < -0.3 is 22.9 Å². The molecule has 18 heavy (non-hydrogen) atoms. The summed E-state index contributed by atoms with van der Waals surface area (Å²) in [6.07, 6.45) is 0. The smallest absolute Gasteiger partial charge is 0.0916 e. The minimum Gasteiger partial charge on any atom is -0.397 e. The number of nitrogens with zero attached hydrogens (tertiary/aromatic N) is 2.